The number of alkyl carbamates (subject to hydrolysis) is 1. The Kier molecular flexibility index (Phi) is 7.00. The highest BCUT2D eigenvalue weighted by Gasteiger charge is 2.30. The van der Waals surface area contributed by atoms with E-state index in [0.29, 0.717) is 31.9 Å². The molecule has 0 bridgehead atoms. The molecule has 0 aromatic carbocycles. The second kappa shape index (κ2) is 9.03. The van der Waals surface area contributed by atoms with Crippen LogP contribution in [0.5, 0.6) is 5.88 Å². The van der Waals surface area contributed by atoms with Gasteiger partial charge in [0.15, 0.2) is 0 Å². The standard InChI is InChI=1S/C17H28N4O6/c1-12-14(21(23)24)15(19-20(12)13-7-5-9-25-11-13)26-10-6-8-18-16(22)27-17(2,3)4/h13H,5-11H2,1-4H3,(H,18,22). The highest BCUT2D eigenvalue weighted by molar-refractivity contribution is 5.67. The minimum absolute atomic E-state index is 0.000316. The Morgan fingerprint density at radius 1 is 1.48 bits per heavy atom. The van der Waals surface area contributed by atoms with Crippen LogP contribution in [0.2, 0.25) is 0 Å². The van der Waals surface area contributed by atoms with Gasteiger partial charge in [-0.2, -0.15) is 0 Å². The van der Waals surface area contributed by atoms with Gasteiger partial charge >= 0.3 is 17.7 Å². The Bertz CT molecular complexity index is 661. The van der Waals surface area contributed by atoms with Crippen LogP contribution in [0.1, 0.15) is 51.8 Å². The first kappa shape index (κ1) is 20.9. The van der Waals surface area contributed by atoms with Crippen LogP contribution in [0.3, 0.4) is 0 Å². The molecule has 152 valence electrons. The summed E-state index contributed by atoms with van der Waals surface area (Å²) in [6, 6.07) is -0.0244. The Labute approximate surface area is 158 Å². The summed E-state index contributed by atoms with van der Waals surface area (Å²) in [5.41, 5.74) is -0.230. The molecule has 1 atom stereocenters. The molecule has 1 amide bonds. The molecule has 1 fully saturated rings. The molecule has 10 heteroatoms. The molecule has 2 rings (SSSR count). The fourth-order valence-corrected chi connectivity index (χ4v) is 2.81. The zero-order valence-corrected chi connectivity index (χ0v) is 16.3. The molecule has 1 aliphatic rings. The third-order valence-electron chi connectivity index (χ3n) is 3.98. The molecule has 27 heavy (non-hydrogen) atoms. The molecule has 0 saturated carbocycles. The predicted molar refractivity (Wildman–Crippen MR) is 97.1 cm³/mol. The van der Waals surface area contributed by atoms with Crippen LogP contribution in [0.25, 0.3) is 0 Å². The molecule has 0 aliphatic carbocycles. The number of hydrogen-bond acceptors (Lipinski definition) is 7. The zero-order valence-electron chi connectivity index (χ0n) is 16.3. The lowest BCUT2D eigenvalue weighted by atomic mass is 10.1. The highest BCUT2D eigenvalue weighted by atomic mass is 16.6. The largest absolute Gasteiger partial charge is 0.472 e. The monoisotopic (exact) mass is 384 g/mol. The van der Waals surface area contributed by atoms with Gasteiger partial charge in [-0.3, -0.25) is 14.8 Å². The van der Waals surface area contributed by atoms with Crippen molar-refractivity contribution in [2.24, 2.45) is 0 Å². The normalized spacial score (nSPS) is 17.4. The van der Waals surface area contributed by atoms with Crippen molar-refractivity contribution < 1.29 is 23.9 Å². The highest BCUT2D eigenvalue weighted by Crippen LogP contribution is 2.33. The number of rotatable bonds is 7. The second-order valence-corrected chi connectivity index (χ2v) is 7.44. The second-order valence-electron chi connectivity index (χ2n) is 7.44. The predicted octanol–water partition coefficient (Wildman–Crippen LogP) is 2.74. The van der Waals surface area contributed by atoms with Gasteiger partial charge in [0.1, 0.15) is 11.3 Å². The minimum Gasteiger partial charge on any atom is -0.472 e. The van der Waals surface area contributed by atoms with E-state index in [9.17, 15) is 14.9 Å². The van der Waals surface area contributed by atoms with Gasteiger partial charge in [-0.1, -0.05) is 0 Å². The summed E-state index contributed by atoms with van der Waals surface area (Å²) >= 11 is 0. The van der Waals surface area contributed by atoms with Crippen molar-refractivity contribution in [3.63, 3.8) is 0 Å². The van der Waals surface area contributed by atoms with Crippen LogP contribution < -0.4 is 10.1 Å². The summed E-state index contributed by atoms with van der Waals surface area (Å²) in [7, 11) is 0. The Morgan fingerprint density at radius 3 is 2.81 bits per heavy atom. The van der Waals surface area contributed by atoms with Gasteiger partial charge in [0.05, 0.1) is 24.2 Å². The number of aromatic nitrogens is 2. The topological polar surface area (TPSA) is 118 Å². The molecule has 2 heterocycles. The molecule has 1 aliphatic heterocycles. The lowest BCUT2D eigenvalue weighted by Gasteiger charge is -2.22. The number of hydrogen-bond donors (Lipinski definition) is 1. The number of carbonyl (C=O) groups is 1. The quantitative estimate of drug-likeness (QED) is 0.436. The Morgan fingerprint density at radius 2 is 2.22 bits per heavy atom. The van der Waals surface area contributed by atoms with E-state index in [2.05, 4.69) is 10.4 Å². The zero-order chi connectivity index (χ0) is 20.0. The maximum atomic E-state index is 11.6. The van der Waals surface area contributed by atoms with Crippen LogP contribution in [0.4, 0.5) is 10.5 Å². The van der Waals surface area contributed by atoms with E-state index in [1.165, 1.54) is 0 Å². The van der Waals surface area contributed by atoms with Crippen LogP contribution in [0.15, 0.2) is 0 Å². The summed E-state index contributed by atoms with van der Waals surface area (Å²) in [4.78, 5) is 22.5. The number of carbonyl (C=O) groups excluding carboxylic acids is 1. The van der Waals surface area contributed by atoms with Gasteiger partial charge in [-0.25, -0.2) is 4.79 Å². The van der Waals surface area contributed by atoms with Gasteiger partial charge in [0, 0.05) is 13.2 Å². The van der Waals surface area contributed by atoms with Gasteiger partial charge in [-0.05, 0) is 47.0 Å². The molecular formula is C17H28N4O6. The van der Waals surface area contributed by atoms with Crippen molar-refractivity contribution in [3.05, 3.63) is 15.8 Å². The molecule has 1 aromatic rings. The smallest absolute Gasteiger partial charge is 0.407 e. The van der Waals surface area contributed by atoms with Gasteiger partial charge in [-0.15, -0.1) is 5.10 Å². The first-order valence-electron chi connectivity index (χ1n) is 9.10. The molecule has 1 saturated heterocycles. The first-order valence-corrected chi connectivity index (χ1v) is 9.10. The summed E-state index contributed by atoms with van der Waals surface area (Å²) < 4.78 is 17.7. The summed E-state index contributed by atoms with van der Waals surface area (Å²) in [5, 5.41) is 18.3. The third-order valence-corrected chi connectivity index (χ3v) is 3.98. The fraction of sp³-hybridized carbons (Fsp3) is 0.765. The van der Waals surface area contributed by atoms with E-state index in [1.807, 2.05) is 0 Å². The van der Waals surface area contributed by atoms with E-state index >= 15 is 0 Å². The van der Waals surface area contributed by atoms with E-state index in [0.717, 1.165) is 12.8 Å². The molecule has 0 radical (unpaired) electrons. The number of nitrogens with one attached hydrogen (secondary N) is 1. The van der Waals surface area contributed by atoms with Crippen molar-refractivity contribution in [1.29, 1.82) is 0 Å². The van der Waals surface area contributed by atoms with Crippen molar-refractivity contribution in [2.45, 2.75) is 58.6 Å². The van der Waals surface area contributed by atoms with Crippen molar-refractivity contribution in [1.82, 2.24) is 15.1 Å². The molecule has 1 aromatic heterocycles. The van der Waals surface area contributed by atoms with Crippen molar-refractivity contribution >= 4 is 11.8 Å². The maximum absolute atomic E-state index is 11.6. The van der Waals surface area contributed by atoms with Crippen LogP contribution in [0, 0.1) is 17.0 Å². The van der Waals surface area contributed by atoms with E-state index in [-0.39, 0.29) is 24.2 Å². The third kappa shape index (κ3) is 6.09. The van der Waals surface area contributed by atoms with E-state index in [4.69, 9.17) is 14.2 Å². The van der Waals surface area contributed by atoms with Crippen molar-refractivity contribution in [3.8, 4) is 5.88 Å². The van der Waals surface area contributed by atoms with Gasteiger partial charge in [0.25, 0.3) is 0 Å². The maximum Gasteiger partial charge on any atom is 0.407 e. The summed E-state index contributed by atoms with van der Waals surface area (Å²) in [6.45, 7) is 8.72. The molecule has 10 nitrogen and oxygen atoms in total. The molecular weight excluding hydrogens is 356 g/mol. The van der Waals surface area contributed by atoms with Crippen molar-refractivity contribution in [2.75, 3.05) is 26.4 Å². The number of ether oxygens (including phenoxy) is 3. The Hall–Kier alpha value is -2.36. The number of amides is 1. The van der Waals surface area contributed by atoms with Gasteiger partial charge in [0.2, 0.25) is 0 Å². The Balaban J connectivity index is 1.90. The van der Waals surface area contributed by atoms with E-state index < -0.39 is 16.6 Å². The first-order chi connectivity index (χ1) is 12.7. The number of nitro groups is 1. The molecule has 1 N–H and O–H groups in total. The minimum atomic E-state index is -0.561. The summed E-state index contributed by atoms with van der Waals surface area (Å²) in [5.74, 6) is 0.000316. The average Bonchev–Trinajstić information content (AvgIpc) is 2.90. The molecule has 0 spiro atoms. The van der Waals surface area contributed by atoms with E-state index in [1.54, 1.807) is 32.4 Å². The summed E-state index contributed by atoms with van der Waals surface area (Å²) in [6.07, 6.45) is 1.71. The van der Waals surface area contributed by atoms with Crippen LogP contribution in [-0.4, -0.2) is 52.8 Å². The van der Waals surface area contributed by atoms with Crippen LogP contribution in [-0.2, 0) is 9.47 Å². The van der Waals surface area contributed by atoms with Gasteiger partial charge < -0.3 is 19.5 Å². The fourth-order valence-electron chi connectivity index (χ4n) is 2.81. The molecule has 1 unspecified atom stereocenters. The SMILES string of the molecule is Cc1c([N+](=O)[O-])c(OCCCNC(=O)OC(C)(C)C)nn1C1CCCOC1. The average molecular weight is 384 g/mol. The lowest BCUT2D eigenvalue weighted by molar-refractivity contribution is -0.386. The number of nitrogens with zero attached hydrogens (tertiary/aromatic N) is 3. The lowest BCUT2D eigenvalue weighted by Crippen LogP contribution is -2.33. The van der Waals surface area contributed by atoms with Crippen LogP contribution >= 0.6 is 0 Å².